The van der Waals surface area contributed by atoms with Gasteiger partial charge in [-0.3, -0.25) is 4.79 Å². The molecule has 1 aliphatic rings. The summed E-state index contributed by atoms with van der Waals surface area (Å²) in [5, 5.41) is 92.7. The molecule has 15 nitrogen and oxygen atoms in total. The van der Waals surface area contributed by atoms with Gasteiger partial charge in [0.1, 0.15) is 55.9 Å². The summed E-state index contributed by atoms with van der Waals surface area (Å²) in [5.41, 5.74) is 1.30. The van der Waals surface area contributed by atoms with Crippen LogP contribution in [0, 0.1) is 35.5 Å². The molecule has 0 unspecified atom stereocenters. The third-order valence-corrected chi connectivity index (χ3v) is 10.9. The quantitative estimate of drug-likeness (QED) is 0.0383. The maximum absolute atomic E-state index is 12.5. The van der Waals surface area contributed by atoms with Gasteiger partial charge in [-0.2, -0.15) is 0 Å². The molecular weight excluding hydrogens is 744 g/mol. The first kappa shape index (κ1) is 52.7. The van der Waals surface area contributed by atoms with Gasteiger partial charge >= 0.3 is 11.9 Å². The SMILES string of the molecule is CC[C@@H](C)C[C@H](C)C[C@H](C)[C@@H](O[C@@H]1O[C@H](COC(C)=O)[C@@H](O)[C@H](O)[C@@H]1O)[C@H](C)/C=C(\C)[C@@H](O)[C@H](C)/C=C(\C)[C@H](O)[C@@H](C)/C=C(\C)C(=O)OC[C@H](O)[C@H](O)[C@@H](O)CO. The largest absolute Gasteiger partial charge is 0.463 e. The van der Waals surface area contributed by atoms with E-state index in [-0.39, 0.29) is 24.0 Å². The Balaban J connectivity index is 3.20. The van der Waals surface area contributed by atoms with Gasteiger partial charge in [-0.25, -0.2) is 4.79 Å². The van der Waals surface area contributed by atoms with E-state index in [9.17, 15) is 50.4 Å². The molecule has 1 fully saturated rings. The van der Waals surface area contributed by atoms with Crippen LogP contribution in [0.15, 0.2) is 34.9 Å². The minimum Gasteiger partial charge on any atom is -0.463 e. The number of carbonyl (C=O) groups is 2. The van der Waals surface area contributed by atoms with Crippen LogP contribution in [0.1, 0.15) is 95.4 Å². The monoisotopic (exact) mass is 819 g/mol. The Morgan fingerprint density at radius 1 is 0.702 bits per heavy atom. The first-order valence-corrected chi connectivity index (χ1v) is 20.2. The number of rotatable bonds is 24. The Hall–Kier alpha value is -2.28. The molecule has 0 aromatic rings. The highest BCUT2D eigenvalue weighted by molar-refractivity contribution is 5.87. The molecule has 0 spiro atoms. The minimum atomic E-state index is -1.71. The third kappa shape index (κ3) is 17.1. The molecule has 1 aliphatic heterocycles. The molecule has 57 heavy (non-hydrogen) atoms. The van der Waals surface area contributed by atoms with Crippen LogP contribution in [0.2, 0.25) is 0 Å². The smallest absolute Gasteiger partial charge is 0.333 e. The zero-order valence-electron chi connectivity index (χ0n) is 35.8. The highest BCUT2D eigenvalue weighted by atomic mass is 16.7. The van der Waals surface area contributed by atoms with E-state index < -0.39 is 104 Å². The standard InChI is InChI=1S/C42H74O15/c1-12-21(2)13-22(3)14-27(8)40(57-42-39(52)38(51)37(50)33(56-42)20-54-30(11)44)28(9)16-25(6)34(47)23(4)15-24(5)35(48)26(7)17-29(10)41(53)55-19-32(46)36(49)31(45)18-43/h15-17,21-23,26-28,31-40,42-43,45-52H,12-14,18-20H2,1-11H3/b24-15+,25-16+,29-17+/t21-,22+,23-,26+,27+,28-,31+,32+,33-,34+,35+,36-,37-,38+,39+,40-,42+/m1/s1. The molecule has 0 saturated carbocycles. The number of hydrogen-bond donors (Lipinski definition) is 9. The molecule has 1 saturated heterocycles. The lowest BCUT2D eigenvalue weighted by Gasteiger charge is -2.43. The molecule has 0 aliphatic carbocycles. The number of hydrogen-bond acceptors (Lipinski definition) is 15. The molecule has 9 N–H and O–H groups in total. The van der Waals surface area contributed by atoms with Gasteiger partial charge in [0.15, 0.2) is 6.29 Å². The predicted molar refractivity (Wildman–Crippen MR) is 212 cm³/mol. The summed E-state index contributed by atoms with van der Waals surface area (Å²) in [6, 6.07) is 0. The molecule has 1 rings (SSSR count). The first-order valence-electron chi connectivity index (χ1n) is 20.2. The van der Waals surface area contributed by atoms with Crippen molar-refractivity contribution >= 4 is 11.9 Å². The Labute approximate surface area is 339 Å². The average Bonchev–Trinajstić information content (AvgIpc) is 3.15. The summed E-state index contributed by atoms with van der Waals surface area (Å²) in [4.78, 5) is 23.9. The van der Waals surface area contributed by atoms with Crippen LogP contribution < -0.4 is 0 Å². The maximum atomic E-state index is 12.5. The van der Waals surface area contributed by atoms with Gasteiger partial charge in [0.25, 0.3) is 0 Å². The molecule has 15 heteroatoms. The second-order valence-corrected chi connectivity index (χ2v) is 16.5. The molecule has 332 valence electrons. The topological polar surface area (TPSA) is 253 Å². The van der Waals surface area contributed by atoms with Crippen molar-refractivity contribution in [3.63, 3.8) is 0 Å². The lowest BCUT2D eigenvalue weighted by molar-refractivity contribution is -0.317. The normalized spacial score (nSPS) is 27.5. The predicted octanol–water partition coefficient (Wildman–Crippen LogP) is 1.93. The maximum Gasteiger partial charge on any atom is 0.333 e. The Morgan fingerprint density at radius 3 is 1.77 bits per heavy atom. The fourth-order valence-electron chi connectivity index (χ4n) is 7.35. The van der Waals surface area contributed by atoms with E-state index in [2.05, 4.69) is 20.8 Å². The van der Waals surface area contributed by atoms with Crippen LogP contribution >= 0.6 is 0 Å². The first-order chi connectivity index (χ1) is 26.5. The highest BCUT2D eigenvalue weighted by Gasteiger charge is 2.46. The van der Waals surface area contributed by atoms with Gasteiger partial charge in [0.2, 0.25) is 0 Å². The summed E-state index contributed by atoms with van der Waals surface area (Å²) in [6.45, 7) is 18.4. The average molecular weight is 819 g/mol. The van der Waals surface area contributed by atoms with Crippen molar-refractivity contribution in [2.75, 3.05) is 19.8 Å². The molecule has 1 heterocycles. The van der Waals surface area contributed by atoms with Gasteiger partial charge in [0.05, 0.1) is 24.9 Å². The van der Waals surface area contributed by atoms with Crippen molar-refractivity contribution in [1.82, 2.24) is 0 Å². The number of ether oxygens (including phenoxy) is 4. The van der Waals surface area contributed by atoms with Gasteiger partial charge in [-0.05, 0) is 62.5 Å². The van der Waals surface area contributed by atoms with Crippen molar-refractivity contribution < 1.29 is 74.5 Å². The van der Waals surface area contributed by atoms with Crippen LogP contribution in [0.3, 0.4) is 0 Å². The van der Waals surface area contributed by atoms with Crippen molar-refractivity contribution in [3.8, 4) is 0 Å². The number of aliphatic hydroxyl groups excluding tert-OH is 9. The lowest BCUT2D eigenvalue weighted by Crippen LogP contribution is -2.60. The van der Waals surface area contributed by atoms with Crippen LogP contribution in [0.5, 0.6) is 0 Å². The van der Waals surface area contributed by atoms with Crippen molar-refractivity contribution in [3.05, 3.63) is 34.9 Å². The molecule has 0 bridgehead atoms. The second-order valence-electron chi connectivity index (χ2n) is 16.5. The Kier molecular flexibility index (Phi) is 23.5. The number of esters is 2. The number of carbonyl (C=O) groups excluding carboxylic acids is 2. The van der Waals surface area contributed by atoms with Crippen LogP contribution in [-0.4, -0.2) is 145 Å². The summed E-state index contributed by atoms with van der Waals surface area (Å²) in [5.74, 6) is -1.96. The van der Waals surface area contributed by atoms with E-state index in [1.807, 2.05) is 19.9 Å². The third-order valence-electron chi connectivity index (χ3n) is 10.9. The molecule has 17 atom stereocenters. The zero-order valence-corrected chi connectivity index (χ0v) is 35.8. The van der Waals surface area contributed by atoms with E-state index in [0.717, 1.165) is 19.3 Å². The van der Waals surface area contributed by atoms with Crippen molar-refractivity contribution in [1.29, 1.82) is 0 Å². The number of aliphatic hydroxyl groups is 9. The van der Waals surface area contributed by atoms with E-state index in [4.69, 9.17) is 24.1 Å². The Morgan fingerprint density at radius 2 is 1.25 bits per heavy atom. The fourth-order valence-corrected chi connectivity index (χ4v) is 7.35. The van der Waals surface area contributed by atoms with Gasteiger partial charge in [0, 0.05) is 30.3 Å². The van der Waals surface area contributed by atoms with Crippen molar-refractivity contribution in [2.45, 2.75) is 163 Å². The summed E-state index contributed by atoms with van der Waals surface area (Å²) >= 11 is 0. The Bertz CT molecular complexity index is 1300. The van der Waals surface area contributed by atoms with Gasteiger partial charge in [-0.15, -0.1) is 0 Å². The van der Waals surface area contributed by atoms with E-state index in [0.29, 0.717) is 23.0 Å². The van der Waals surface area contributed by atoms with Crippen LogP contribution in [0.4, 0.5) is 0 Å². The molecule has 0 aromatic carbocycles. The zero-order chi connectivity index (χ0) is 43.9. The van der Waals surface area contributed by atoms with Crippen molar-refractivity contribution in [2.24, 2.45) is 35.5 Å². The summed E-state index contributed by atoms with van der Waals surface area (Å²) in [6.07, 6.45) is -6.74. The lowest BCUT2D eigenvalue weighted by atomic mass is 9.82. The van der Waals surface area contributed by atoms with E-state index in [1.54, 1.807) is 33.8 Å². The minimum absolute atomic E-state index is 0.0761. The van der Waals surface area contributed by atoms with Gasteiger partial charge in [-0.1, -0.05) is 73.1 Å². The van der Waals surface area contributed by atoms with E-state index >= 15 is 0 Å². The fraction of sp³-hybridized carbons (Fsp3) is 0.810. The van der Waals surface area contributed by atoms with Crippen LogP contribution in [-0.2, 0) is 28.5 Å². The summed E-state index contributed by atoms with van der Waals surface area (Å²) < 4.78 is 22.4. The van der Waals surface area contributed by atoms with Crippen LogP contribution in [0.25, 0.3) is 0 Å². The summed E-state index contributed by atoms with van der Waals surface area (Å²) in [7, 11) is 0. The molecule has 0 amide bonds. The van der Waals surface area contributed by atoms with Gasteiger partial charge < -0.3 is 64.9 Å². The second kappa shape index (κ2) is 25.4. The molecule has 0 radical (unpaired) electrons. The molecular formula is C42H74O15. The highest BCUT2D eigenvalue weighted by Crippen LogP contribution is 2.33. The molecule has 0 aromatic heterocycles. The van der Waals surface area contributed by atoms with E-state index in [1.165, 1.54) is 19.9 Å².